The number of nitrogens with two attached hydrogens (primary N) is 1. The first kappa shape index (κ1) is 12.0. The SMILES string of the molecule is Cc1ccc(Cn2nc(C(N)=O)ccc2=O)cc1. The fourth-order valence-corrected chi connectivity index (χ4v) is 1.56. The van der Waals surface area contributed by atoms with Crippen LogP contribution in [0, 0.1) is 6.92 Å². The lowest BCUT2D eigenvalue weighted by molar-refractivity contribution is 0.0993. The van der Waals surface area contributed by atoms with Crippen molar-refractivity contribution in [3.05, 3.63) is 63.6 Å². The molecule has 0 saturated carbocycles. The summed E-state index contributed by atoms with van der Waals surface area (Å²) in [7, 11) is 0. The molecule has 2 rings (SSSR count). The Hall–Kier alpha value is -2.43. The summed E-state index contributed by atoms with van der Waals surface area (Å²) in [6.07, 6.45) is 0. The molecule has 1 aromatic heterocycles. The van der Waals surface area contributed by atoms with Crippen molar-refractivity contribution in [3.8, 4) is 0 Å². The average Bonchev–Trinajstić information content (AvgIpc) is 2.34. The average molecular weight is 243 g/mol. The van der Waals surface area contributed by atoms with E-state index in [0.717, 1.165) is 11.1 Å². The Morgan fingerprint density at radius 1 is 1.22 bits per heavy atom. The Labute approximate surface area is 104 Å². The predicted octanol–water partition coefficient (Wildman–Crippen LogP) is 0.699. The predicted molar refractivity (Wildman–Crippen MR) is 67.3 cm³/mol. The molecule has 0 saturated heterocycles. The van der Waals surface area contributed by atoms with E-state index in [1.54, 1.807) is 0 Å². The van der Waals surface area contributed by atoms with Gasteiger partial charge in [-0.2, -0.15) is 5.10 Å². The van der Waals surface area contributed by atoms with Crippen LogP contribution in [0.25, 0.3) is 0 Å². The molecule has 2 aromatic rings. The standard InChI is InChI=1S/C13H13N3O2/c1-9-2-4-10(5-3-9)8-16-12(17)7-6-11(15-16)13(14)18/h2-7H,8H2,1H3,(H2,14,18). The van der Waals surface area contributed by atoms with Crippen LogP contribution in [0.5, 0.6) is 0 Å². The van der Waals surface area contributed by atoms with Crippen molar-refractivity contribution in [3.63, 3.8) is 0 Å². The highest BCUT2D eigenvalue weighted by Crippen LogP contribution is 2.03. The first-order valence-corrected chi connectivity index (χ1v) is 5.50. The Kier molecular flexibility index (Phi) is 3.23. The Balaban J connectivity index is 2.33. The van der Waals surface area contributed by atoms with Gasteiger partial charge in [0.1, 0.15) is 5.69 Å². The van der Waals surface area contributed by atoms with Crippen LogP contribution in [0.3, 0.4) is 0 Å². The molecule has 0 bridgehead atoms. The molecular weight excluding hydrogens is 230 g/mol. The highest BCUT2D eigenvalue weighted by Gasteiger charge is 2.05. The Morgan fingerprint density at radius 2 is 1.89 bits per heavy atom. The van der Waals surface area contributed by atoms with E-state index in [1.165, 1.54) is 16.8 Å². The number of aromatic nitrogens is 2. The van der Waals surface area contributed by atoms with Crippen molar-refractivity contribution in [2.24, 2.45) is 5.73 Å². The summed E-state index contributed by atoms with van der Waals surface area (Å²) in [5.74, 6) is -0.646. The second kappa shape index (κ2) is 4.83. The first-order valence-electron chi connectivity index (χ1n) is 5.50. The zero-order valence-corrected chi connectivity index (χ0v) is 9.96. The van der Waals surface area contributed by atoms with Crippen molar-refractivity contribution in [1.82, 2.24) is 9.78 Å². The van der Waals surface area contributed by atoms with Gasteiger partial charge in [0.2, 0.25) is 0 Å². The molecule has 0 radical (unpaired) electrons. The molecule has 92 valence electrons. The quantitative estimate of drug-likeness (QED) is 0.861. The van der Waals surface area contributed by atoms with Gasteiger partial charge < -0.3 is 5.73 Å². The van der Waals surface area contributed by atoms with Gasteiger partial charge in [-0.15, -0.1) is 0 Å². The van der Waals surface area contributed by atoms with E-state index in [9.17, 15) is 9.59 Å². The largest absolute Gasteiger partial charge is 0.364 e. The molecule has 0 aliphatic rings. The number of hydrogen-bond acceptors (Lipinski definition) is 3. The molecule has 2 N–H and O–H groups in total. The van der Waals surface area contributed by atoms with Crippen LogP contribution in [0.4, 0.5) is 0 Å². The summed E-state index contributed by atoms with van der Waals surface area (Å²) in [5.41, 5.74) is 7.04. The van der Waals surface area contributed by atoms with Crippen LogP contribution in [0.2, 0.25) is 0 Å². The van der Waals surface area contributed by atoms with Gasteiger partial charge in [0.15, 0.2) is 0 Å². The molecule has 1 aromatic carbocycles. The minimum absolute atomic E-state index is 0.0849. The molecule has 5 nitrogen and oxygen atoms in total. The number of benzene rings is 1. The van der Waals surface area contributed by atoms with Gasteiger partial charge in [-0.3, -0.25) is 9.59 Å². The number of nitrogens with zero attached hydrogens (tertiary/aromatic N) is 2. The zero-order chi connectivity index (χ0) is 13.1. The van der Waals surface area contributed by atoms with E-state index in [2.05, 4.69) is 5.10 Å². The Bertz CT molecular complexity index is 629. The molecule has 0 aliphatic carbocycles. The molecule has 0 atom stereocenters. The number of rotatable bonds is 3. The molecule has 1 amide bonds. The maximum Gasteiger partial charge on any atom is 0.269 e. The number of carbonyl (C=O) groups excluding carboxylic acids is 1. The molecule has 0 spiro atoms. The minimum atomic E-state index is -0.646. The van der Waals surface area contributed by atoms with Crippen LogP contribution in [-0.4, -0.2) is 15.7 Å². The van der Waals surface area contributed by atoms with Crippen LogP contribution >= 0.6 is 0 Å². The number of primary amides is 1. The van der Waals surface area contributed by atoms with E-state index in [4.69, 9.17) is 5.73 Å². The summed E-state index contributed by atoms with van der Waals surface area (Å²) in [5, 5.41) is 3.92. The van der Waals surface area contributed by atoms with Crippen LogP contribution in [-0.2, 0) is 6.54 Å². The van der Waals surface area contributed by atoms with Crippen LogP contribution in [0.1, 0.15) is 21.6 Å². The van der Waals surface area contributed by atoms with Crippen molar-refractivity contribution in [2.45, 2.75) is 13.5 Å². The summed E-state index contributed by atoms with van der Waals surface area (Å²) in [4.78, 5) is 22.6. The summed E-state index contributed by atoms with van der Waals surface area (Å²) >= 11 is 0. The van der Waals surface area contributed by atoms with Gasteiger partial charge in [0.05, 0.1) is 6.54 Å². The first-order chi connectivity index (χ1) is 8.56. The number of aryl methyl sites for hydroxylation is 1. The molecule has 0 unspecified atom stereocenters. The molecule has 0 aliphatic heterocycles. The second-order valence-corrected chi connectivity index (χ2v) is 4.06. The molecule has 1 heterocycles. The van der Waals surface area contributed by atoms with E-state index in [-0.39, 0.29) is 11.3 Å². The topological polar surface area (TPSA) is 78.0 Å². The van der Waals surface area contributed by atoms with Crippen molar-refractivity contribution < 1.29 is 4.79 Å². The fraction of sp³-hybridized carbons (Fsp3) is 0.154. The number of carbonyl (C=O) groups is 1. The summed E-state index contributed by atoms with van der Waals surface area (Å²) in [6, 6.07) is 10.4. The third-order valence-electron chi connectivity index (χ3n) is 2.57. The van der Waals surface area contributed by atoms with E-state index >= 15 is 0 Å². The van der Waals surface area contributed by atoms with Crippen molar-refractivity contribution in [2.75, 3.05) is 0 Å². The van der Waals surface area contributed by atoms with Crippen molar-refractivity contribution in [1.29, 1.82) is 0 Å². The van der Waals surface area contributed by atoms with Gasteiger partial charge in [-0.1, -0.05) is 29.8 Å². The second-order valence-electron chi connectivity index (χ2n) is 4.06. The smallest absolute Gasteiger partial charge is 0.269 e. The maximum atomic E-state index is 11.6. The lowest BCUT2D eigenvalue weighted by Gasteiger charge is -2.05. The van der Waals surface area contributed by atoms with Gasteiger partial charge in [0.25, 0.3) is 11.5 Å². The lowest BCUT2D eigenvalue weighted by atomic mass is 10.1. The van der Waals surface area contributed by atoms with E-state index < -0.39 is 5.91 Å². The maximum absolute atomic E-state index is 11.6. The van der Waals surface area contributed by atoms with Crippen LogP contribution in [0.15, 0.2) is 41.2 Å². The third kappa shape index (κ3) is 2.63. The molecule has 0 fully saturated rings. The fourth-order valence-electron chi connectivity index (χ4n) is 1.56. The monoisotopic (exact) mass is 243 g/mol. The molecular formula is C13H13N3O2. The number of amides is 1. The highest BCUT2D eigenvalue weighted by atomic mass is 16.1. The van der Waals surface area contributed by atoms with E-state index in [0.29, 0.717) is 6.54 Å². The molecule has 5 heteroatoms. The van der Waals surface area contributed by atoms with Gasteiger partial charge in [-0.05, 0) is 18.6 Å². The van der Waals surface area contributed by atoms with Gasteiger partial charge >= 0.3 is 0 Å². The third-order valence-corrected chi connectivity index (χ3v) is 2.57. The van der Waals surface area contributed by atoms with E-state index in [1.807, 2.05) is 31.2 Å². The zero-order valence-electron chi connectivity index (χ0n) is 9.96. The van der Waals surface area contributed by atoms with Gasteiger partial charge in [0, 0.05) is 6.07 Å². The lowest BCUT2D eigenvalue weighted by Crippen LogP contribution is -2.26. The highest BCUT2D eigenvalue weighted by molar-refractivity contribution is 5.90. The number of hydrogen-bond donors (Lipinski definition) is 1. The minimum Gasteiger partial charge on any atom is -0.364 e. The molecule has 18 heavy (non-hydrogen) atoms. The summed E-state index contributed by atoms with van der Waals surface area (Å²) < 4.78 is 1.23. The van der Waals surface area contributed by atoms with Crippen molar-refractivity contribution >= 4 is 5.91 Å². The normalized spacial score (nSPS) is 10.3. The Morgan fingerprint density at radius 3 is 2.50 bits per heavy atom. The van der Waals surface area contributed by atoms with Gasteiger partial charge in [-0.25, -0.2) is 4.68 Å². The summed E-state index contributed by atoms with van der Waals surface area (Å²) in [6.45, 7) is 2.31. The van der Waals surface area contributed by atoms with Crippen LogP contribution < -0.4 is 11.3 Å².